The summed E-state index contributed by atoms with van der Waals surface area (Å²) in [7, 11) is 0. The van der Waals surface area contributed by atoms with Gasteiger partial charge in [0.05, 0.1) is 12.2 Å². The minimum absolute atomic E-state index is 0.0699. The molecule has 1 N–H and O–H groups in total. The van der Waals surface area contributed by atoms with Gasteiger partial charge in [-0.3, -0.25) is 4.79 Å². The zero-order valence-electron chi connectivity index (χ0n) is 17.5. The second kappa shape index (κ2) is 8.68. The largest absolute Gasteiger partial charge is 0.494 e. The van der Waals surface area contributed by atoms with Crippen molar-refractivity contribution in [3.05, 3.63) is 59.7 Å². The number of ether oxygens (including phenoxy) is 1. The van der Waals surface area contributed by atoms with Crippen LogP contribution in [0.2, 0.25) is 0 Å². The van der Waals surface area contributed by atoms with Gasteiger partial charge in [-0.1, -0.05) is 51.0 Å². The third kappa shape index (κ3) is 3.87. The van der Waals surface area contributed by atoms with E-state index >= 15 is 0 Å². The number of fused-ring (bicyclic) bond motifs is 1. The molecule has 1 heterocycles. The van der Waals surface area contributed by atoms with Crippen molar-refractivity contribution in [1.29, 1.82) is 0 Å². The Bertz CT molecular complexity index is 820. The number of para-hydroxylation sites is 1. The zero-order chi connectivity index (χ0) is 20.1. The van der Waals surface area contributed by atoms with E-state index < -0.39 is 5.66 Å². The maximum absolute atomic E-state index is 13.4. The highest BCUT2D eigenvalue weighted by molar-refractivity contribution is 6.02. The lowest BCUT2D eigenvalue weighted by atomic mass is 9.91. The van der Waals surface area contributed by atoms with Gasteiger partial charge in [0.1, 0.15) is 11.4 Å². The van der Waals surface area contributed by atoms with Crippen LogP contribution in [-0.4, -0.2) is 23.5 Å². The number of rotatable bonds is 8. The molecule has 0 saturated carbocycles. The third-order valence-electron chi connectivity index (χ3n) is 5.68. The van der Waals surface area contributed by atoms with Crippen molar-refractivity contribution in [2.45, 2.75) is 65.1 Å². The number of nitrogens with one attached hydrogen (secondary N) is 1. The lowest BCUT2D eigenvalue weighted by molar-refractivity contribution is 0.0399. The summed E-state index contributed by atoms with van der Waals surface area (Å²) < 4.78 is 5.97. The molecule has 0 saturated heterocycles. The fraction of sp³-hybridized carbons (Fsp3) is 0.458. The number of hydrogen-bond donors (Lipinski definition) is 1. The van der Waals surface area contributed by atoms with Gasteiger partial charge in [0.25, 0.3) is 5.91 Å². The van der Waals surface area contributed by atoms with Gasteiger partial charge in [0, 0.05) is 17.3 Å². The molecule has 1 aliphatic rings. The number of anilines is 1. The summed E-state index contributed by atoms with van der Waals surface area (Å²) in [5.41, 5.74) is 2.00. The summed E-state index contributed by atoms with van der Waals surface area (Å²) in [4.78, 5) is 15.4. The molecule has 0 radical (unpaired) electrons. The number of benzene rings is 2. The monoisotopic (exact) mass is 380 g/mol. The summed E-state index contributed by atoms with van der Waals surface area (Å²) in [5.74, 6) is 0.924. The molecule has 150 valence electrons. The van der Waals surface area contributed by atoms with Crippen LogP contribution >= 0.6 is 0 Å². The second-order valence-electron chi connectivity index (χ2n) is 7.76. The maximum Gasteiger partial charge on any atom is 0.258 e. The van der Waals surface area contributed by atoms with Crippen molar-refractivity contribution in [1.82, 2.24) is 4.90 Å². The molecule has 0 aromatic heterocycles. The van der Waals surface area contributed by atoms with Gasteiger partial charge >= 0.3 is 0 Å². The molecule has 1 aliphatic heterocycles. The molecule has 3 rings (SSSR count). The quantitative estimate of drug-likeness (QED) is 0.589. The lowest BCUT2D eigenvalue weighted by Crippen LogP contribution is -2.58. The summed E-state index contributed by atoms with van der Waals surface area (Å²) in [6, 6.07) is 16.0. The van der Waals surface area contributed by atoms with Crippen LogP contribution in [0.25, 0.3) is 0 Å². The summed E-state index contributed by atoms with van der Waals surface area (Å²) in [6.07, 6.45) is 4.29. The number of amides is 1. The second-order valence-corrected chi connectivity index (χ2v) is 7.76. The molecule has 2 unspecified atom stereocenters. The first-order chi connectivity index (χ1) is 13.5. The lowest BCUT2D eigenvalue weighted by Gasteiger charge is -2.49. The Balaban J connectivity index is 1.96. The molecule has 4 nitrogen and oxygen atoms in total. The van der Waals surface area contributed by atoms with Gasteiger partial charge in [-0.15, -0.1) is 0 Å². The average Bonchev–Trinajstić information content (AvgIpc) is 2.71. The van der Waals surface area contributed by atoms with Gasteiger partial charge in [-0.05, 0) is 51.0 Å². The zero-order valence-corrected chi connectivity index (χ0v) is 17.5. The molecule has 2 atom stereocenters. The first-order valence-corrected chi connectivity index (χ1v) is 10.5. The predicted octanol–water partition coefficient (Wildman–Crippen LogP) is 5.79. The van der Waals surface area contributed by atoms with Crippen LogP contribution in [0.15, 0.2) is 48.5 Å². The van der Waals surface area contributed by atoms with Crippen molar-refractivity contribution in [2.24, 2.45) is 0 Å². The van der Waals surface area contributed by atoms with Crippen molar-refractivity contribution in [2.75, 3.05) is 11.9 Å². The Hall–Kier alpha value is -2.49. The average molecular weight is 381 g/mol. The molecule has 2 aromatic rings. The van der Waals surface area contributed by atoms with Crippen LogP contribution in [0.3, 0.4) is 0 Å². The van der Waals surface area contributed by atoms with Gasteiger partial charge in [0.2, 0.25) is 0 Å². The number of carbonyl (C=O) groups excluding carboxylic acids is 1. The number of hydrogen-bond acceptors (Lipinski definition) is 3. The van der Waals surface area contributed by atoms with E-state index in [-0.39, 0.29) is 11.9 Å². The summed E-state index contributed by atoms with van der Waals surface area (Å²) in [5, 5.41) is 3.64. The SMILES string of the molecule is CCCCCOc1cccc(C2(C)Nc3ccccc3C(=O)N2C(C)CC)c1. The van der Waals surface area contributed by atoms with Crippen molar-refractivity contribution in [3.8, 4) is 5.75 Å². The Labute approximate surface area is 168 Å². The highest BCUT2D eigenvalue weighted by Gasteiger charge is 2.44. The van der Waals surface area contributed by atoms with E-state index in [1.807, 2.05) is 41.3 Å². The van der Waals surface area contributed by atoms with Crippen molar-refractivity contribution in [3.63, 3.8) is 0 Å². The topological polar surface area (TPSA) is 41.6 Å². The van der Waals surface area contributed by atoms with Crippen LogP contribution in [0.4, 0.5) is 5.69 Å². The Morgan fingerprint density at radius 1 is 1.11 bits per heavy atom. The van der Waals surface area contributed by atoms with Crippen LogP contribution in [-0.2, 0) is 5.66 Å². The standard InChI is InChI=1S/C24H32N2O2/c1-5-7-10-16-28-20-13-11-12-19(17-20)24(4)25-22-15-9-8-14-21(22)23(27)26(24)18(3)6-2/h8-9,11-15,17-18,25H,5-7,10,16H2,1-4H3. The van der Waals surface area contributed by atoms with Crippen molar-refractivity contribution < 1.29 is 9.53 Å². The molecule has 2 aromatic carbocycles. The van der Waals surface area contributed by atoms with E-state index in [2.05, 4.69) is 45.1 Å². The van der Waals surface area contributed by atoms with Crippen LogP contribution in [0, 0.1) is 0 Å². The summed E-state index contributed by atoms with van der Waals surface area (Å²) >= 11 is 0. The number of carbonyl (C=O) groups is 1. The molecular weight excluding hydrogens is 348 g/mol. The fourth-order valence-corrected chi connectivity index (χ4v) is 3.90. The normalized spacial score (nSPS) is 19.7. The van der Waals surface area contributed by atoms with Crippen molar-refractivity contribution >= 4 is 11.6 Å². The minimum Gasteiger partial charge on any atom is -0.494 e. The Morgan fingerprint density at radius 3 is 2.64 bits per heavy atom. The molecular formula is C24H32N2O2. The molecule has 28 heavy (non-hydrogen) atoms. The Kier molecular flexibility index (Phi) is 6.28. The summed E-state index contributed by atoms with van der Waals surface area (Å²) in [6.45, 7) is 9.22. The minimum atomic E-state index is -0.635. The predicted molar refractivity (Wildman–Crippen MR) is 115 cm³/mol. The van der Waals surface area contributed by atoms with Crippen LogP contribution in [0.1, 0.15) is 69.3 Å². The number of nitrogens with zero attached hydrogens (tertiary/aromatic N) is 1. The van der Waals surface area contributed by atoms with Crippen LogP contribution < -0.4 is 10.1 Å². The highest BCUT2D eigenvalue weighted by atomic mass is 16.5. The molecule has 0 bridgehead atoms. The highest BCUT2D eigenvalue weighted by Crippen LogP contribution is 2.40. The van der Waals surface area contributed by atoms with E-state index in [0.29, 0.717) is 0 Å². The molecule has 4 heteroatoms. The first-order valence-electron chi connectivity index (χ1n) is 10.5. The van der Waals surface area contributed by atoms with Crippen LogP contribution in [0.5, 0.6) is 5.75 Å². The molecule has 0 fully saturated rings. The number of unbranched alkanes of at least 4 members (excludes halogenated alkanes) is 2. The van der Waals surface area contributed by atoms with E-state index in [0.717, 1.165) is 42.0 Å². The molecule has 1 amide bonds. The molecule has 0 aliphatic carbocycles. The van der Waals surface area contributed by atoms with E-state index in [1.54, 1.807) is 0 Å². The Morgan fingerprint density at radius 2 is 1.89 bits per heavy atom. The molecule has 0 spiro atoms. The third-order valence-corrected chi connectivity index (χ3v) is 5.68. The van der Waals surface area contributed by atoms with Gasteiger partial charge in [-0.2, -0.15) is 0 Å². The fourth-order valence-electron chi connectivity index (χ4n) is 3.90. The van der Waals surface area contributed by atoms with Gasteiger partial charge in [0.15, 0.2) is 0 Å². The van der Waals surface area contributed by atoms with Gasteiger partial charge < -0.3 is 15.0 Å². The van der Waals surface area contributed by atoms with E-state index in [9.17, 15) is 4.79 Å². The van der Waals surface area contributed by atoms with E-state index in [1.165, 1.54) is 12.8 Å². The smallest absolute Gasteiger partial charge is 0.258 e. The van der Waals surface area contributed by atoms with Gasteiger partial charge in [-0.25, -0.2) is 0 Å². The van der Waals surface area contributed by atoms with E-state index in [4.69, 9.17) is 4.74 Å². The first kappa shape index (κ1) is 20.2. The maximum atomic E-state index is 13.4.